The van der Waals surface area contributed by atoms with Crippen LogP contribution in [0.2, 0.25) is 0 Å². The van der Waals surface area contributed by atoms with Crippen molar-refractivity contribution in [1.82, 2.24) is 29.5 Å². The second kappa shape index (κ2) is 17.4. The number of imidazole rings is 1. The zero-order chi connectivity index (χ0) is 38.2. The zero-order valence-electron chi connectivity index (χ0n) is 30.8. The molecule has 11 nitrogen and oxygen atoms in total. The Labute approximate surface area is 313 Å². The van der Waals surface area contributed by atoms with Gasteiger partial charge in [0.1, 0.15) is 0 Å². The summed E-state index contributed by atoms with van der Waals surface area (Å²) < 4.78 is 35.9. The van der Waals surface area contributed by atoms with E-state index in [1.54, 1.807) is 47.1 Å². The van der Waals surface area contributed by atoms with Gasteiger partial charge in [0.15, 0.2) is 23.0 Å². The number of hydrogen-bond acceptors (Lipinski definition) is 8. The van der Waals surface area contributed by atoms with Gasteiger partial charge in [-0.25, -0.2) is 14.4 Å². The first-order chi connectivity index (χ1) is 26.2. The fourth-order valence-electron chi connectivity index (χ4n) is 6.78. The molecule has 0 bridgehead atoms. The average molecular weight is 738 g/mol. The Morgan fingerprint density at radius 2 is 1.59 bits per heavy atom. The molecule has 3 aromatic carbocycles. The van der Waals surface area contributed by atoms with E-state index < -0.39 is 11.6 Å². The molecule has 2 N–H and O–H groups in total. The van der Waals surface area contributed by atoms with Gasteiger partial charge in [-0.05, 0) is 100 Å². The topological polar surface area (TPSA) is 121 Å². The monoisotopic (exact) mass is 737 g/mol. The van der Waals surface area contributed by atoms with E-state index in [1.165, 1.54) is 30.3 Å². The van der Waals surface area contributed by atoms with Gasteiger partial charge in [0.25, 0.3) is 17.7 Å². The number of nitrogens with zero attached hydrogens (tertiary/aromatic N) is 5. The number of fused-ring (bicyclic) bond motifs is 2. The normalized spacial score (nSPS) is 12.5. The van der Waals surface area contributed by atoms with Crippen molar-refractivity contribution < 1.29 is 27.9 Å². The first kappa shape index (κ1) is 38.0. The van der Waals surface area contributed by atoms with E-state index in [0.717, 1.165) is 57.2 Å². The van der Waals surface area contributed by atoms with Crippen molar-refractivity contribution >= 4 is 34.9 Å². The lowest BCUT2D eigenvalue weighted by Crippen LogP contribution is -2.30. The molecule has 6 rings (SSSR count). The first-order valence-corrected chi connectivity index (χ1v) is 18.4. The molecule has 0 radical (unpaired) electrons. The number of imide groups is 1. The SMILES string of the molecule is CCc1cc(Nc2nccn3c(-c4ccc(OC)c(F)c4F)cnc23)ccc1C(=O)NCCCCCN(C)CCCCCN1C(=O)c2ccccc2C1=O. The van der Waals surface area contributed by atoms with Gasteiger partial charge in [0.2, 0.25) is 5.82 Å². The van der Waals surface area contributed by atoms with Gasteiger partial charge in [-0.3, -0.25) is 23.7 Å². The number of aryl methyl sites for hydroxylation is 1. The van der Waals surface area contributed by atoms with Crippen LogP contribution in [0, 0.1) is 11.6 Å². The summed E-state index contributed by atoms with van der Waals surface area (Å²) in [4.78, 5) is 50.7. The molecule has 0 aliphatic carbocycles. The fourth-order valence-corrected chi connectivity index (χ4v) is 6.78. The summed E-state index contributed by atoms with van der Waals surface area (Å²) in [5.74, 6) is -2.37. The second-order valence-corrected chi connectivity index (χ2v) is 13.4. The van der Waals surface area contributed by atoms with Crippen molar-refractivity contribution in [3.05, 3.63) is 107 Å². The van der Waals surface area contributed by atoms with Crippen LogP contribution in [0.25, 0.3) is 16.9 Å². The molecule has 2 aromatic heterocycles. The van der Waals surface area contributed by atoms with E-state index >= 15 is 0 Å². The van der Waals surface area contributed by atoms with Crippen LogP contribution in [-0.4, -0.2) is 82.2 Å². The summed E-state index contributed by atoms with van der Waals surface area (Å²) in [6, 6.07) is 15.3. The van der Waals surface area contributed by atoms with E-state index in [4.69, 9.17) is 4.74 Å². The predicted molar refractivity (Wildman–Crippen MR) is 203 cm³/mol. The number of unbranched alkanes of at least 4 members (excludes halogenated alkanes) is 4. The van der Waals surface area contributed by atoms with Crippen LogP contribution in [0.15, 0.2) is 73.2 Å². The maximum absolute atomic E-state index is 14.9. The van der Waals surface area contributed by atoms with Crippen LogP contribution < -0.4 is 15.4 Å². The van der Waals surface area contributed by atoms with Crippen LogP contribution in [0.5, 0.6) is 5.75 Å². The largest absolute Gasteiger partial charge is 0.494 e. The fraction of sp³-hybridized carbons (Fsp3) is 0.341. The molecule has 282 valence electrons. The lowest BCUT2D eigenvalue weighted by molar-refractivity contribution is 0.0650. The minimum Gasteiger partial charge on any atom is -0.494 e. The number of rotatable bonds is 18. The molecule has 0 saturated carbocycles. The minimum absolute atomic E-state index is 0.0396. The van der Waals surface area contributed by atoms with Gasteiger partial charge in [0, 0.05) is 42.3 Å². The highest BCUT2D eigenvalue weighted by molar-refractivity contribution is 6.21. The number of amides is 3. The van der Waals surface area contributed by atoms with Crippen molar-refractivity contribution in [2.75, 3.05) is 45.7 Å². The number of carbonyl (C=O) groups excluding carboxylic acids is 3. The molecule has 1 aliphatic heterocycles. The highest BCUT2D eigenvalue weighted by atomic mass is 19.2. The molecule has 54 heavy (non-hydrogen) atoms. The maximum Gasteiger partial charge on any atom is 0.261 e. The van der Waals surface area contributed by atoms with Crippen LogP contribution >= 0.6 is 0 Å². The molecule has 13 heteroatoms. The van der Waals surface area contributed by atoms with Crippen molar-refractivity contribution in [2.24, 2.45) is 0 Å². The summed E-state index contributed by atoms with van der Waals surface area (Å²) in [5, 5.41) is 6.32. The lowest BCUT2D eigenvalue weighted by Gasteiger charge is -2.17. The van der Waals surface area contributed by atoms with Gasteiger partial charge in [-0.1, -0.05) is 31.9 Å². The quantitative estimate of drug-likeness (QED) is 0.0711. The number of halogens is 2. The summed E-state index contributed by atoms with van der Waals surface area (Å²) in [7, 11) is 3.38. The smallest absolute Gasteiger partial charge is 0.261 e. The Hall–Kier alpha value is -5.69. The Bertz CT molecular complexity index is 2120. The summed E-state index contributed by atoms with van der Waals surface area (Å²) in [6.45, 7) is 4.92. The molecule has 3 heterocycles. The maximum atomic E-state index is 14.9. The number of carbonyl (C=O) groups is 3. The molecule has 1 aliphatic rings. The third-order valence-corrected chi connectivity index (χ3v) is 9.77. The number of anilines is 2. The third-order valence-electron chi connectivity index (χ3n) is 9.77. The summed E-state index contributed by atoms with van der Waals surface area (Å²) >= 11 is 0. The Morgan fingerprint density at radius 1 is 0.870 bits per heavy atom. The number of hydrogen-bond donors (Lipinski definition) is 2. The first-order valence-electron chi connectivity index (χ1n) is 18.4. The van der Waals surface area contributed by atoms with Crippen LogP contribution in [-0.2, 0) is 6.42 Å². The van der Waals surface area contributed by atoms with E-state index in [-0.39, 0.29) is 29.0 Å². The highest BCUT2D eigenvalue weighted by Gasteiger charge is 2.34. The Balaban J connectivity index is 0.916. The average Bonchev–Trinajstić information content (AvgIpc) is 3.72. The molecule has 0 atom stereocenters. The predicted octanol–water partition coefficient (Wildman–Crippen LogP) is 7.29. The van der Waals surface area contributed by atoms with Crippen molar-refractivity contribution in [1.29, 1.82) is 0 Å². The van der Waals surface area contributed by atoms with Crippen LogP contribution in [0.3, 0.4) is 0 Å². The number of ether oxygens (including phenoxy) is 1. The number of benzene rings is 3. The summed E-state index contributed by atoms with van der Waals surface area (Å²) in [6.07, 6.45) is 10.9. The lowest BCUT2D eigenvalue weighted by atomic mass is 10.0. The molecular weight excluding hydrogens is 692 g/mol. The molecule has 5 aromatic rings. The van der Waals surface area contributed by atoms with Gasteiger partial charge < -0.3 is 20.3 Å². The standard InChI is InChI=1S/C41H45F2N7O4/c1-4-27-25-28(47-37-38-46-26-33(49(38)24-20-44-37)32-17-18-34(54-3)36(43)35(32)42)15-16-29(27)39(51)45-19-9-5-10-21-48(2)22-11-6-12-23-50-40(52)30-13-7-8-14-31(30)41(50)53/h7-8,13-18,20,24-26H,4-6,9-12,19,21-23H2,1-3H3,(H,44,47)(H,45,51). The van der Waals surface area contributed by atoms with Crippen molar-refractivity contribution in [3.8, 4) is 17.0 Å². The number of nitrogens with one attached hydrogen (secondary N) is 2. The van der Waals surface area contributed by atoms with Gasteiger partial charge in [0.05, 0.1) is 30.1 Å². The Morgan fingerprint density at radius 3 is 2.30 bits per heavy atom. The highest BCUT2D eigenvalue weighted by Crippen LogP contribution is 2.32. The van der Waals surface area contributed by atoms with E-state index in [0.29, 0.717) is 59.0 Å². The zero-order valence-corrected chi connectivity index (χ0v) is 30.8. The van der Waals surface area contributed by atoms with Gasteiger partial charge >= 0.3 is 0 Å². The Kier molecular flexibility index (Phi) is 12.3. The second-order valence-electron chi connectivity index (χ2n) is 13.4. The minimum atomic E-state index is -1.07. The molecular formula is C41H45F2N7O4. The van der Waals surface area contributed by atoms with E-state index in [1.807, 2.05) is 19.1 Å². The van der Waals surface area contributed by atoms with E-state index in [2.05, 4.69) is 32.5 Å². The number of aromatic nitrogens is 3. The van der Waals surface area contributed by atoms with Crippen molar-refractivity contribution in [3.63, 3.8) is 0 Å². The van der Waals surface area contributed by atoms with Crippen LogP contribution in [0.4, 0.5) is 20.3 Å². The van der Waals surface area contributed by atoms with Gasteiger partial charge in [-0.2, -0.15) is 4.39 Å². The molecule has 0 unspecified atom stereocenters. The molecule has 0 fully saturated rings. The molecule has 0 saturated heterocycles. The molecule has 3 amide bonds. The summed E-state index contributed by atoms with van der Waals surface area (Å²) in [5.41, 5.74) is 4.00. The van der Waals surface area contributed by atoms with E-state index in [9.17, 15) is 23.2 Å². The third kappa shape index (κ3) is 8.26. The van der Waals surface area contributed by atoms with Gasteiger partial charge in [-0.15, -0.1) is 0 Å². The van der Waals surface area contributed by atoms with Crippen molar-refractivity contribution in [2.45, 2.75) is 51.9 Å². The molecule has 0 spiro atoms. The number of methoxy groups -OCH3 is 1. The van der Waals surface area contributed by atoms with Crippen LogP contribution in [0.1, 0.15) is 82.1 Å².